The maximum absolute atomic E-state index is 11.9. The molecular weight excluding hydrogens is 302 g/mol. The summed E-state index contributed by atoms with van der Waals surface area (Å²) >= 11 is 0. The van der Waals surface area contributed by atoms with Crippen molar-refractivity contribution in [2.45, 2.75) is 70.5 Å². The number of carbonyl (C=O) groups excluding carboxylic acids is 1. The monoisotopic (exact) mass is 329 g/mol. The molecule has 0 saturated heterocycles. The van der Waals surface area contributed by atoms with E-state index >= 15 is 0 Å². The van der Waals surface area contributed by atoms with Gasteiger partial charge in [-0.3, -0.25) is 4.79 Å². The first-order valence-corrected chi connectivity index (χ1v) is 9.31. The summed E-state index contributed by atoms with van der Waals surface area (Å²) < 4.78 is 0. The normalized spacial score (nSPS) is 53.5. The van der Waals surface area contributed by atoms with Crippen molar-refractivity contribution < 1.29 is 15.0 Å². The van der Waals surface area contributed by atoms with Crippen LogP contribution in [0.2, 0.25) is 0 Å². The van der Waals surface area contributed by atoms with Crippen molar-refractivity contribution in [3.8, 4) is 6.07 Å². The Hall–Kier alpha value is -1.18. The van der Waals surface area contributed by atoms with Crippen molar-refractivity contribution >= 4 is 5.78 Å². The molecule has 130 valence electrons. The summed E-state index contributed by atoms with van der Waals surface area (Å²) in [4.78, 5) is 11.9. The molecule has 0 aromatic carbocycles. The summed E-state index contributed by atoms with van der Waals surface area (Å²) in [6.45, 7) is 4.23. The second-order valence-corrected chi connectivity index (χ2v) is 9.09. The maximum atomic E-state index is 11.9. The zero-order chi connectivity index (χ0) is 17.3. The topological polar surface area (TPSA) is 81.3 Å². The largest absolute Gasteiger partial charge is 0.393 e. The van der Waals surface area contributed by atoms with E-state index in [1.807, 2.05) is 13.0 Å². The molecule has 4 aliphatic rings. The molecule has 3 fully saturated rings. The van der Waals surface area contributed by atoms with Gasteiger partial charge in [0.1, 0.15) is 0 Å². The highest BCUT2D eigenvalue weighted by Crippen LogP contribution is 2.67. The van der Waals surface area contributed by atoms with Crippen LogP contribution in [0.1, 0.15) is 58.8 Å². The summed E-state index contributed by atoms with van der Waals surface area (Å²) in [5, 5.41) is 31.5. The number of carbonyl (C=O) groups is 1. The van der Waals surface area contributed by atoms with Gasteiger partial charge in [-0.05, 0) is 67.8 Å². The first-order valence-electron chi connectivity index (χ1n) is 9.31. The van der Waals surface area contributed by atoms with E-state index in [1.165, 1.54) is 5.57 Å². The van der Waals surface area contributed by atoms with Gasteiger partial charge in [0.05, 0.1) is 12.2 Å². The van der Waals surface area contributed by atoms with E-state index in [9.17, 15) is 20.3 Å². The van der Waals surface area contributed by atoms with Crippen molar-refractivity contribution in [1.82, 2.24) is 0 Å². The van der Waals surface area contributed by atoms with Crippen LogP contribution < -0.4 is 0 Å². The molecule has 0 aliphatic heterocycles. The molecule has 0 aromatic rings. The van der Waals surface area contributed by atoms with E-state index < -0.39 is 17.1 Å². The van der Waals surface area contributed by atoms with Crippen LogP contribution in [0.5, 0.6) is 0 Å². The summed E-state index contributed by atoms with van der Waals surface area (Å²) in [6.07, 6.45) is 6.44. The Bertz CT molecular complexity index is 664. The van der Waals surface area contributed by atoms with Gasteiger partial charge in [-0.2, -0.15) is 5.26 Å². The number of hydrogen-bond acceptors (Lipinski definition) is 4. The number of allylic oxidation sites excluding steroid dienone is 1. The summed E-state index contributed by atoms with van der Waals surface area (Å²) in [5.74, 6) is 0.975. The molecule has 3 saturated carbocycles. The number of hydrogen-bond donors (Lipinski definition) is 2. The summed E-state index contributed by atoms with van der Waals surface area (Å²) in [5.41, 5.74) is -0.727. The number of nitriles is 1. The van der Waals surface area contributed by atoms with Gasteiger partial charge in [-0.25, -0.2) is 0 Å². The molecule has 2 N–H and O–H groups in total. The Morgan fingerprint density at radius 1 is 1.25 bits per heavy atom. The van der Waals surface area contributed by atoms with Gasteiger partial charge < -0.3 is 10.2 Å². The Morgan fingerprint density at radius 3 is 2.71 bits per heavy atom. The Kier molecular flexibility index (Phi) is 3.34. The molecule has 0 bridgehead atoms. The first-order chi connectivity index (χ1) is 11.2. The van der Waals surface area contributed by atoms with Crippen molar-refractivity contribution in [2.75, 3.05) is 0 Å². The lowest BCUT2D eigenvalue weighted by molar-refractivity contribution is -0.156. The molecule has 4 heteroatoms. The molecule has 0 amide bonds. The van der Waals surface area contributed by atoms with Crippen molar-refractivity contribution in [3.05, 3.63) is 11.6 Å². The first kappa shape index (κ1) is 16.3. The van der Waals surface area contributed by atoms with Crippen LogP contribution in [0.3, 0.4) is 0 Å². The number of ketones is 1. The molecule has 4 rings (SSSR count). The fourth-order valence-electron chi connectivity index (χ4n) is 6.88. The highest BCUT2D eigenvalue weighted by atomic mass is 16.3. The van der Waals surface area contributed by atoms with Gasteiger partial charge in [0.15, 0.2) is 11.4 Å². The molecule has 0 spiro atoms. The third kappa shape index (κ3) is 1.83. The van der Waals surface area contributed by atoms with E-state index in [2.05, 4.69) is 13.0 Å². The Labute approximate surface area is 143 Å². The molecule has 0 heterocycles. The molecule has 4 aliphatic carbocycles. The number of fused-ring (bicyclic) bond motifs is 5. The van der Waals surface area contributed by atoms with E-state index in [-0.39, 0.29) is 23.0 Å². The van der Waals surface area contributed by atoms with Gasteiger partial charge in [-0.15, -0.1) is 0 Å². The third-order valence-electron chi connectivity index (χ3n) is 8.23. The van der Waals surface area contributed by atoms with Crippen molar-refractivity contribution in [3.63, 3.8) is 0 Å². The lowest BCUT2D eigenvalue weighted by Gasteiger charge is -2.60. The van der Waals surface area contributed by atoms with E-state index in [0.717, 1.165) is 25.7 Å². The lowest BCUT2D eigenvalue weighted by atomic mass is 9.45. The second kappa shape index (κ2) is 4.93. The minimum Gasteiger partial charge on any atom is -0.393 e. The van der Waals surface area contributed by atoms with Crippen molar-refractivity contribution in [1.29, 1.82) is 5.26 Å². The van der Waals surface area contributed by atoms with Crippen LogP contribution in [0.15, 0.2) is 11.6 Å². The molecule has 4 nitrogen and oxygen atoms in total. The van der Waals surface area contributed by atoms with Crippen LogP contribution in [0.25, 0.3) is 0 Å². The number of rotatable bonds is 0. The highest BCUT2D eigenvalue weighted by molar-refractivity contribution is 5.91. The zero-order valence-corrected chi connectivity index (χ0v) is 14.6. The van der Waals surface area contributed by atoms with Gasteiger partial charge in [0, 0.05) is 11.8 Å². The smallest absolute Gasteiger partial charge is 0.156 e. The van der Waals surface area contributed by atoms with E-state index in [4.69, 9.17) is 0 Å². The van der Waals surface area contributed by atoms with Crippen LogP contribution in [-0.2, 0) is 4.79 Å². The zero-order valence-electron chi connectivity index (χ0n) is 14.6. The minimum absolute atomic E-state index is 0.106. The predicted octanol–water partition coefficient (Wildman–Crippen LogP) is 2.74. The average molecular weight is 329 g/mol. The predicted molar refractivity (Wildman–Crippen MR) is 88.7 cm³/mol. The number of aliphatic hydroxyl groups excluding tert-OH is 1. The average Bonchev–Trinajstić information content (AvgIpc) is 2.79. The van der Waals surface area contributed by atoms with E-state index in [0.29, 0.717) is 25.2 Å². The Balaban J connectivity index is 1.76. The van der Waals surface area contributed by atoms with E-state index in [1.54, 1.807) is 0 Å². The lowest BCUT2D eigenvalue weighted by Crippen LogP contribution is -2.59. The summed E-state index contributed by atoms with van der Waals surface area (Å²) in [7, 11) is 0. The van der Waals surface area contributed by atoms with Crippen LogP contribution in [-0.4, -0.2) is 27.7 Å². The van der Waals surface area contributed by atoms with Crippen LogP contribution in [0.4, 0.5) is 0 Å². The summed E-state index contributed by atoms with van der Waals surface area (Å²) in [6, 6.07) is 2.16. The third-order valence-corrected chi connectivity index (χ3v) is 8.23. The molecule has 7 atom stereocenters. The molecule has 0 radical (unpaired) electrons. The van der Waals surface area contributed by atoms with Gasteiger partial charge in [0.25, 0.3) is 0 Å². The van der Waals surface area contributed by atoms with Gasteiger partial charge in [0.2, 0.25) is 0 Å². The Morgan fingerprint density at radius 2 is 2.00 bits per heavy atom. The fraction of sp³-hybridized carbons (Fsp3) is 0.800. The number of aliphatic hydroxyl groups is 2. The molecular formula is C20H27NO3. The van der Waals surface area contributed by atoms with Crippen LogP contribution >= 0.6 is 0 Å². The quantitative estimate of drug-likeness (QED) is 0.670. The SMILES string of the molecule is C[C@]12CCC(=O)C=C1CC[C@@H]1[C@H]2[C@H](O)C[C@@]2(C)[C@@H]1CC[C@]2(O)C#N. The molecule has 24 heavy (non-hydrogen) atoms. The van der Waals surface area contributed by atoms with Crippen molar-refractivity contribution in [2.24, 2.45) is 28.6 Å². The standard InChI is InChI=1S/C20H27NO3/c1-18-7-5-13(22)9-12(18)3-4-14-15-6-8-20(24,11-21)19(15,2)10-16(23)17(14)18/h9,14-17,23-24H,3-8,10H2,1-2H3/t14-,15+,16+,17-,18-,19-,20-/m0/s1. The maximum Gasteiger partial charge on any atom is 0.156 e. The highest BCUT2D eigenvalue weighted by Gasteiger charge is 2.66. The number of nitrogens with zero attached hydrogens (tertiary/aromatic N) is 1. The molecule has 0 aromatic heterocycles. The second-order valence-electron chi connectivity index (χ2n) is 9.09. The van der Waals surface area contributed by atoms with Gasteiger partial charge >= 0.3 is 0 Å². The molecule has 0 unspecified atom stereocenters. The fourth-order valence-corrected chi connectivity index (χ4v) is 6.88. The van der Waals surface area contributed by atoms with Crippen LogP contribution in [0, 0.1) is 39.9 Å². The van der Waals surface area contributed by atoms with Gasteiger partial charge in [-0.1, -0.05) is 19.4 Å². The minimum atomic E-state index is -1.32.